The van der Waals surface area contributed by atoms with Gasteiger partial charge in [0.1, 0.15) is 0 Å². The highest BCUT2D eigenvalue weighted by molar-refractivity contribution is 14.1. The summed E-state index contributed by atoms with van der Waals surface area (Å²) in [7, 11) is 4.04. The third-order valence-corrected chi connectivity index (χ3v) is 2.40. The fourth-order valence-electron chi connectivity index (χ4n) is 1.12. The number of rotatable bonds is 4. The first kappa shape index (κ1) is 11.6. The number of aryl methyl sites for hydroxylation is 1. The Labute approximate surface area is 97.1 Å². The summed E-state index contributed by atoms with van der Waals surface area (Å²) in [6.07, 6.45) is 2.65. The van der Waals surface area contributed by atoms with Gasteiger partial charge in [-0.25, -0.2) is 4.68 Å². The van der Waals surface area contributed by atoms with E-state index in [2.05, 4.69) is 32.6 Å². The third kappa shape index (κ3) is 3.75. The van der Waals surface area contributed by atoms with Crippen LogP contribution in [-0.2, 0) is 6.54 Å². The number of hydrogen-bond donors (Lipinski definition) is 0. The van der Waals surface area contributed by atoms with Crippen molar-refractivity contribution in [1.82, 2.24) is 14.7 Å². The van der Waals surface area contributed by atoms with Gasteiger partial charge in [-0.15, -0.1) is 0 Å². The largest absolute Gasteiger partial charge is 0.309 e. The van der Waals surface area contributed by atoms with Gasteiger partial charge in [0, 0.05) is 16.2 Å². The van der Waals surface area contributed by atoms with Gasteiger partial charge < -0.3 is 4.90 Å². The second-order valence-electron chi connectivity index (χ2n) is 3.39. The summed E-state index contributed by atoms with van der Waals surface area (Å²) in [5.41, 5.74) is -0.0179. The predicted molar refractivity (Wildman–Crippen MR) is 64.4 cm³/mol. The third-order valence-electron chi connectivity index (χ3n) is 1.81. The molecule has 0 aliphatic heterocycles. The summed E-state index contributed by atoms with van der Waals surface area (Å²) in [5.74, 6) is 0. The van der Waals surface area contributed by atoms with Crippen molar-refractivity contribution in [2.75, 3.05) is 20.6 Å². The van der Waals surface area contributed by atoms with Crippen molar-refractivity contribution in [3.05, 3.63) is 26.2 Å². The molecular formula is C9H14IN3O. The highest BCUT2D eigenvalue weighted by Gasteiger charge is 1.98. The van der Waals surface area contributed by atoms with Gasteiger partial charge in [0.05, 0.1) is 6.20 Å². The van der Waals surface area contributed by atoms with Crippen molar-refractivity contribution in [1.29, 1.82) is 0 Å². The first-order valence-corrected chi connectivity index (χ1v) is 5.55. The van der Waals surface area contributed by atoms with Crippen LogP contribution < -0.4 is 5.56 Å². The Balaban J connectivity index is 2.55. The van der Waals surface area contributed by atoms with Gasteiger partial charge in [0.2, 0.25) is 0 Å². The van der Waals surface area contributed by atoms with Crippen LogP contribution in [-0.4, -0.2) is 35.3 Å². The molecule has 0 spiro atoms. The summed E-state index contributed by atoms with van der Waals surface area (Å²) in [5, 5.41) is 4.05. The van der Waals surface area contributed by atoms with Crippen LogP contribution >= 0.6 is 22.6 Å². The van der Waals surface area contributed by atoms with E-state index in [1.165, 1.54) is 4.68 Å². The molecule has 5 heteroatoms. The lowest BCUT2D eigenvalue weighted by Crippen LogP contribution is -2.24. The molecule has 1 aromatic rings. The number of aromatic nitrogens is 2. The summed E-state index contributed by atoms with van der Waals surface area (Å²) in [6.45, 7) is 1.66. The second kappa shape index (κ2) is 5.45. The summed E-state index contributed by atoms with van der Waals surface area (Å²) < 4.78 is 2.39. The Kier molecular flexibility index (Phi) is 4.53. The molecule has 0 aromatic carbocycles. The first-order valence-electron chi connectivity index (χ1n) is 4.47. The maximum absolute atomic E-state index is 11.4. The fraction of sp³-hybridized carbons (Fsp3) is 0.556. The molecule has 0 bridgehead atoms. The Morgan fingerprint density at radius 2 is 2.29 bits per heavy atom. The van der Waals surface area contributed by atoms with E-state index in [0.717, 1.165) is 16.5 Å². The van der Waals surface area contributed by atoms with Crippen LogP contribution in [0.25, 0.3) is 0 Å². The normalized spacial score (nSPS) is 10.9. The zero-order chi connectivity index (χ0) is 10.6. The van der Waals surface area contributed by atoms with Gasteiger partial charge in [-0.3, -0.25) is 4.79 Å². The summed E-state index contributed by atoms with van der Waals surface area (Å²) in [4.78, 5) is 13.5. The molecule has 0 amide bonds. The summed E-state index contributed by atoms with van der Waals surface area (Å²) >= 11 is 2.09. The van der Waals surface area contributed by atoms with E-state index < -0.39 is 0 Å². The highest BCUT2D eigenvalue weighted by Crippen LogP contribution is 1.96. The lowest BCUT2D eigenvalue weighted by atomic mass is 10.4. The van der Waals surface area contributed by atoms with E-state index in [-0.39, 0.29) is 5.56 Å². The summed E-state index contributed by atoms with van der Waals surface area (Å²) in [6, 6.07) is 1.60. The van der Waals surface area contributed by atoms with Crippen LogP contribution in [0.15, 0.2) is 17.1 Å². The maximum atomic E-state index is 11.4. The molecule has 0 aliphatic rings. The zero-order valence-corrected chi connectivity index (χ0v) is 10.6. The predicted octanol–water partition coefficient (Wildman–Crippen LogP) is 0.800. The van der Waals surface area contributed by atoms with Crippen molar-refractivity contribution in [2.45, 2.75) is 13.0 Å². The average Bonchev–Trinajstić information content (AvgIpc) is 2.08. The lowest BCUT2D eigenvalue weighted by molar-refractivity contribution is 0.377. The Morgan fingerprint density at radius 1 is 1.57 bits per heavy atom. The molecule has 1 heterocycles. The molecule has 0 atom stereocenters. The molecule has 78 valence electrons. The molecule has 0 saturated carbocycles. The lowest BCUT2D eigenvalue weighted by Gasteiger charge is -2.09. The Morgan fingerprint density at radius 3 is 2.86 bits per heavy atom. The van der Waals surface area contributed by atoms with E-state index >= 15 is 0 Å². The van der Waals surface area contributed by atoms with E-state index in [0.29, 0.717) is 6.54 Å². The number of nitrogens with zero attached hydrogens (tertiary/aromatic N) is 3. The topological polar surface area (TPSA) is 38.1 Å². The van der Waals surface area contributed by atoms with Crippen molar-refractivity contribution in [3.8, 4) is 0 Å². The molecule has 0 saturated heterocycles. The van der Waals surface area contributed by atoms with Gasteiger partial charge in [-0.1, -0.05) is 0 Å². The molecule has 1 rings (SSSR count). The van der Waals surface area contributed by atoms with Crippen LogP contribution in [0.3, 0.4) is 0 Å². The van der Waals surface area contributed by atoms with E-state index in [1.807, 2.05) is 14.1 Å². The molecule has 0 aliphatic carbocycles. The molecule has 0 fully saturated rings. The van der Waals surface area contributed by atoms with Crippen LogP contribution in [0.1, 0.15) is 6.42 Å². The van der Waals surface area contributed by atoms with E-state index in [9.17, 15) is 4.79 Å². The molecule has 1 aromatic heterocycles. The molecule has 0 unspecified atom stereocenters. The molecule has 4 nitrogen and oxygen atoms in total. The van der Waals surface area contributed by atoms with Gasteiger partial charge in [-0.05, 0) is 49.7 Å². The van der Waals surface area contributed by atoms with E-state index in [4.69, 9.17) is 0 Å². The van der Waals surface area contributed by atoms with Gasteiger partial charge in [0.15, 0.2) is 0 Å². The smallest absolute Gasteiger partial charge is 0.267 e. The van der Waals surface area contributed by atoms with Crippen molar-refractivity contribution in [3.63, 3.8) is 0 Å². The van der Waals surface area contributed by atoms with Crippen molar-refractivity contribution in [2.24, 2.45) is 0 Å². The monoisotopic (exact) mass is 307 g/mol. The number of hydrogen-bond acceptors (Lipinski definition) is 3. The minimum atomic E-state index is -0.0179. The highest BCUT2D eigenvalue weighted by atomic mass is 127. The van der Waals surface area contributed by atoms with Crippen molar-refractivity contribution < 1.29 is 0 Å². The minimum Gasteiger partial charge on any atom is -0.309 e. The first-order chi connectivity index (χ1) is 6.59. The van der Waals surface area contributed by atoms with Crippen molar-refractivity contribution >= 4 is 22.6 Å². The second-order valence-corrected chi connectivity index (χ2v) is 4.64. The Hall–Kier alpha value is -0.430. The molecule has 0 N–H and O–H groups in total. The molecule has 14 heavy (non-hydrogen) atoms. The standard InChI is InChI=1S/C9H14IN3O/c1-12(2)4-3-5-13-9(14)6-8(10)7-11-13/h6-7H,3-5H2,1-2H3. The van der Waals surface area contributed by atoms with Crippen LogP contribution in [0.4, 0.5) is 0 Å². The zero-order valence-electron chi connectivity index (χ0n) is 8.40. The van der Waals surface area contributed by atoms with Gasteiger partial charge in [0.25, 0.3) is 5.56 Å². The maximum Gasteiger partial charge on any atom is 0.267 e. The SMILES string of the molecule is CN(C)CCCn1ncc(I)cc1=O. The number of halogens is 1. The molecule has 0 radical (unpaired) electrons. The fourth-order valence-corrected chi connectivity index (χ4v) is 1.51. The minimum absolute atomic E-state index is 0.0179. The Bertz CT molecular complexity index is 348. The van der Waals surface area contributed by atoms with Crippen LogP contribution in [0.5, 0.6) is 0 Å². The van der Waals surface area contributed by atoms with Gasteiger partial charge >= 0.3 is 0 Å². The molecular weight excluding hydrogens is 293 g/mol. The van der Waals surface area contributed by atoms with E-state index in [1.54, 1.807) is 12.3 Å². The van der Waals surface area contributed by atoms with Gasteiger partial charge in [-0.2, -0.15) is 5.10 Å². The van der Waals surface area contributed by atoms with Crippen LogP contribution in [0, 0.1) is 3.57 Å². The quantitative estimate of drug-likeness (QED) is 0.772. The average molecular weight is 307 g/mol. The van der Waals surface area contributed by atoms with Crippen LogP contribution in [0.2, 0.25) is 0 Å².